The number of carbonyl (C=O) groups is 2. The molecule has 1 aromatic rings. The van der Waals surface area contributed by atoms with Gasteiger partial charge in [-0.25, -0.2) is 4.79 Å². The average molecular weight is 365 g/mol. The minimum absolute atomic E-state index is 0.329. The Hall–Kier alpha value is -2.74. The summed E-state index contributed by atoms with van der Waals surface area (Å²) in [5.41, 5.74) is 11.4. The summed E-state index contributed by atoms with van der Waals surface area (Å²) in [5, 5.41) is 10.1. The molecule has 0 spiro atoms. The van der Waals surface area contributed by atoms with Crippen molar-refractivity contribution in [1.29, 1.82) is 0 Å². The Morgan fingerprint density at radius 3 is 1.85 bits per heavy atom. The van der Waals surface area contributed by atoms with Gasteiger partial charge >= 0.3 is 5.97 Å². The molecule has 26 heavy (non-hydrogen) atoms. The first-order chi connectivity index (χ1) is 12.3. The quantitative estimate of drug-likeness (QED) is 0.353. The summed E-state index contributed by atoms with van der Waals surface area (Å²) >= 11 is 0. The normalized spacial score (nSPS) is 7.88. The van der Waals surface area contributed by atoms with Gasteiger partial charge in [0.2, 0.25) is 5.91 Å². The van der Waals surface area contributed by atoms with Gasteiger partial charge in [-0.15, -0.1) is 0 Å². The number of ether oxygens (including phenoxy) is 1. The fourth-order valence-electron chi connectivity index (χ4n) is 0.913. The number of methoxy groups -OCH3 is 1. The van der Waals surface area contributed by atoms with Gasteiger partial charge in [0.25, 0.3) is 0 Å². The minimum Gasteiger partial charge on any atom is -0.466 e. The van der Waals surface area contributed by atoms with Crippen molar-refractivity contribution in [2.45, 2.75) is 6.92 Å². The van der Waals surface area contributed by atoms with Crippen molar-refractivity contribution in [3.63, 3.8) is 0 Å². The van der Waals surface area contributed by atoms with Crippen LogP contribution in [0.15, 0.2) is 61.7 Å². The molecular weight excluding hydrogens is 334 g/mol. The van der Waals surface area contributed by atoms with Gasteiger partial charge in [0.05, 0.1) is 7.11 Å². The SMILES string of the molecule is C=C(C)C(=O)OC.C=CC(=O)NCO.C=Cc1ccccc1.NCCN. The Morgan fingerprint density at radius 2 is 1.69 bits per heavy atom. The van der Waals surface area contributed by atoms with Gasteiger partial charge in [0.1, 0.15) is 6.73 Å². The molecule has 0 fully saturated rings. The van der Waals surface area contributed by atoms with Gasteiger partial charge in [-0.05, 0) is 18.6 Å². The van der Waals surface area contributed by atoms with Crippen molar-refractivity contribution in [2.75, 3.05) is 26.9 Å². The van der Waals surface area contributed by atoms with Crippen molar-refractivity contribution in [1.82, 2.24) is 5.32 Å². The number of hydrogen-bond acceptors (Lipinski definition) is 6. The van der Waals surface area contributed by atoms with Crippen LogP contribution in [0.25, 0.3) is 6.08 Å². The van der Waals surface area contributed by atoms with Crippen molar-refractivity contribution in [2.24, 2.45) is 11.5 Å². The molecule has 0 saturated heterocycles. The maximum absolute atomic E-state index is 10.2. The lowest BCUT2D eigenvalue weighted by Gasteiger charge is -1.91. The standard InChI is InChI=1S/C8H8.C5H8O2.C4H7NO2.C2H8N2/c1-2-8-6-4-3-5-7-8;1-4(2)5(6)7-3;1-2-4(7)5-3-6;3-1-2-4/h2-7H,1H2;1H2,2-3H3;2,6H,1,3H2,(H,5,7);1-4H2. The van der Waals surface area contributed by atoms with E-state index in [1.165, 1.54) is 12.7 Å². The molecule has 0 unspecified atom stereocenters. The molecule has 0 bridgehead atoms. The van der Waals surface area contributed by atoms with Gasteiger partial charge in [-0.1, -0.05) is 56.1 Å². The van der Waals surface area contributed by atoms with Gasteiger partial charge in [0, 0.05) is 18.7 Å². The molecule has 0 saturated carbocycles. The maximum Gasteiger partial charge on any atom is 0.332 e. The van der Waals surface area contributed by atoms with Crippen LogP contribution in [0.5, 0.6) is 0 Å². The summed E-state index contributed by atoms with van der Waals surface area (Å²) in [4.78, 5) is 20.2. The number of carbonyl (C=O) groups excluding carboxylic acids is 2. The number of nitrogens with two attached hydrogens (primary N) is 2. The zero-order chi connectivity index (χ0) is 20.8. The Morgan fingerprint density at radius 1 is 1.19 bits per heavy atom. The molecule has 6 N–H and O–H groups in total. The lowest BCUT2D eigenvalue weighted by Crippen LogP contribution is -2.20. The molecule has 0 aliphatic carbocycles. The minimum atomic E-state index is -0.359. The smallest absolute Gasteiger partial charge is 0.332 e. The Kier molecular flexibility index (Phi) is 24.0. The molecule has 1 rings (SSSR count). The van der Waals surface area contributed by atoms with Gasteiger partial charge < -0.3 is 26.6 Å². The number of aliphatic hydroxyl groups is 1. The molecule has 0 atom stereocenters. The molecule has 0 aliphatic rings. The number of aliphatic hydroxyl groups excluding tert-OH is 1. The third kappa shape index (κ3) is 23.5. The first kappa shape index (κ1) is 28.1. The number of hydrogen-bond donors (Lipinski definition) is 4. The fourth-order valence-corrected chi connectivity index (χ4v) is 0.913. The number of amides is 1. The van der Waals surface area contributed by atoms with Crippen LogP contribution in [0.2, 0.25) is 0 Å². The van der Waals surface area contributed by atoms with Crippen LogP contribution in [-0.2, 0) is 14.3 Å². The average Bonchev–Trinajstić information content (AvgIpc) is 2.69. The van der Waals surface area contributed by atoms with E-state index >= 15 is 0 Å². The Labute approximate surface area is 156 Å². The topological polar surface area (TPSA) is 128 Å². The van der Waals surface area contributed by atoms with Crippen LogP contribution in [0.3, 0.4) is 0 Å². The van der Waals surface area contributed by atoms with E-state index in [1.54, 1.807) is 6.92 Å². The zero-order valence-corrected chi connectivity index (χ0v) is 15.6. The summed E-state index contributed by atoms with van der Waals surface area (Å²) in [5.74, 6) is -0.706. The number of benzene rings is 1. The largest absolute Gasteiger partial charge is 0.466 e. The highest BCUT2D eigenvalue weighted by molar-refractivity contribution is 5.87. The summed E-state index contributed by atoms with van der Waals surface area (Å²) in [7, 11) is 1.33. The van der Waals surface area contributed by atoms with Crippen LogP contribution < -0.4 is 16.8 Å². The molecule has 0 heterocycles. The molecule has 1 amide bonds. The number of nitrogens with one attached hydrogen (secondary N) is 1. The third-order valence-corrected chi connectivity index (χ3v) is 2.17. The van der Waals surface area contributed by atoms with E-state index in [4.69, 9.17) is 16.6 Å². The van der Waals surface area contributed by atoms with Crippen molar-refractivity contribution in [3.05, 3.63) is 67.3 Å². The van der Waals surface area contributed by atoms with Gasteiger partial charge in [-0.2, -0.15) is 0 Å². The summed E-state index contributed by atoms with van der Waals surface area (Å²) in [6.07, 6.45) is 2.93. The Balaban J connectivity index is -0.000000279. The second-order valence-electron chi connectivity index (χ2n) is 4.37. The van der Waals surface area contributed by atoms with E-state index in [0.29, 0.717) is 18.7 Å². The Bertz CT molecular complexity index is 513. The second kappa shape index (κ2) is 22.3. The van der Waals surface area contributed by atoms with Gasteiger partial charge in [0.15, 0.2) is 0 Å². The number of rotatable bonds is 5. The second-order valence-corrected chi connectivity index (χ2v) is 4.37. The molecular formula is C19H31N3O4. The van der Waals surface area contributed by atoms with E-state index in [1.807, 2.05) is 36.4 Å². The zero-order valence-electron chi connectivity index (χ0n) is 15.6. The summed E-state index contributed by atoms with van der Waals surface area (Å²) in [6.45, 7) is 12.6. The summed E-state index contributed by atoms with van der Waals surface area (Å²) < 4.78 is 4.27. The van der Waals surface area contributed by atoms with Crippen molar-refractivity contribution >= 4 is 18.0 Å². The van der Waals surface area contributed by atoms with Crippen LogP contribution in [0.1, 0.15) is 12.5 Å². The molecule has 7 heteroatoms. The van der Waals surface area contributed by atoms with Crippen LogP contribution in [0.4, 0.5) is 0 Å². The lowest BCUT2D eigenvalue weighted by atomic mass is 10.2. The molecule has 146 valence electrons. The highest BCUT2D eigenvalue weighted by atomic mass is 16.5. The summed E-state index contributed by atoms with van der Waals surface area (Å²) in [6, 6.07) is 10.0. The molecule has 0 aromatic heterocycles. The fraction of sp³-hybridized carbons (Fsp3) is 0.263. The number of esters is 1. The van der Waals surface area contributed by atoms with E-state index in [0.717, 1.165) is 6.08 Å². The van der Waals surface area contributed by atoms with Crippen LogP contribution in [-0.4, -0.2) is 43.9 Å². The first-order valence-corrected chi connectivity index (χ1v) is 7.66. The predicted molar refractivity (Wildman–Crippen MR) is 107 cm³/mol. The van der Waals surface area contributed by atoms with E-state index in [2.05, 4.69) is 29.8 Å². The lowest BCUT2D eigenvalue weighted by molar-refractivity contribution is -0.136. The molecule has 0 radical (unpaired) electrons. The molecule has 1 aromatic carbocycles. The molecule has 7 nitrogen and oxygen atoms in total. The van der Waals surface area contributed by atoms with Crippen LogP contribution >= 0.6 is 0 Å². The predicted octanol–water partition coefficient (Wildman–Crippen LogP) is 1.21. The highest BCUT2D eigenvalue weighted by Crippen LogP contribution is 1.97. The van der Waals surface area contributed by atoms with Crippen molar-refractivity contribution in [3.8, 4) is 0 Å². The van der Waals surface area contributed by atoms with E-state index in [-0.39, 0.29) is 18.6 Å². The van der Waals surface area contributed by atoms with E-state index < -0.39 is 0 Å². The van der Waals surface area contributed by atoms with Crippen molar-refractivity contribution < 1.29 is 19.4 Å². The monoisotopic (exact) mass is 365 g/mol. The van der Waals surface area contributed by atoms with Crippen LogP contribution in [0, 0.1) is 0 Å². The first-order valence-electron chi connectivity index (χ1n) is 7.66. The van der Waals surface area contributed by atoms with Gasteiger partial charge in [-0.3, -0.25) is 4.79 Å². The molecule has 0 aliphatic heterocycles. The third-order valence-electron chi connectivity index (χ3n) is 2.17. The highest BCUT2D eigenvalue weighted by Gasteiger charge is 1.95. The van der Waals surface area contributed by atoms with E-state index in [9.17, 15) is 9.59 Å². The maximum atomic E-state index is 10.2.